The largest absolute Gasteiger partial charge is 0.493 e. The quantitative estimate of drug-likeness (QED) is 0.916. The van der Waals surface area contributed by atoms with Crippen molar-refractivity contribution in [1.82, 2.24) is 9.78 Å². The summed E-state index contributed by atoms with van der Waals surface area (Å²) in [5, 5.41) is 4.54. The molecule has 1 aromatic carbocycles. The number of benzene rings is 1. The van der Waals surface area contributed by atoms with Gasteiger partial charge in [0, 0.05) is 0 Å². The molecule has 0 spiro atoms. The average molecular weight is 298 g/mol. The maximum atomic E-state index is 5.88. The van der Waals surface area contributed by atoms with Crippen LogP contribution in [0.2, 0.25) is 5.02 Å². The zero-order valence-electron chi connectivity index (χ0n) is 11.5. The highest BCUT2D eigenvalue weighted by Crippen LogP contribution is 2.38. The summed E-state index contributed by atoms with van der Waals surface area (Å²) in [6, 6.07) is 3.69. The van der Waals surface area contributed by atoms with Crippen molar-refractivity contribution in [2.24, 2.45) is 0 Å². The molecule has 0 amide bonds. The first-order valence-electron chi connectivity index (χ1n) is 5.86. The normalized spacial score (nSPS) is 10.4. The first kappa shape index (κ1) is 14.3. The molecule has 0 saturated heterocycles. The lowest BCUT2D eigenvalue weighted by Crippen LogP contribution is -2.06. The second-order valence-electron chi connectivity index (χ2n) is 4.07. The molecule has 0 aliphatic rings. The SMILES string of the molecule is COc1cc(Cn2ncc(Cl)c2N)cc(OC)c1OC. The molecule has 2 N–H and O–H groups in total. The third-order valence-corrected chi connectivity index (χ3v) is 3.18. The van der Waals surface area contributed by atoms with Crippen molar-refractivity contribution in [2.45, 2.75) is 6.54 Å². The van der Waals surface area contributed by atoms with Crippen LogP contribution in [-0.4, -0.2) is 31.1 Å². The molecule has 0 atom stereocenters. The van der Waals surface area contributed by atoms with Crippen LogP contribution >= 0.6 is 11.6 Å². The Hall–Kier alpha value is -2.08. The van der Waals surface area contributed by atoms with Crippen LogP contribution in [0.3, 0.4) is 0 Å². The molecule has 0 aliphatic carbocycles. The zero-order chi connectivity index (χ0) is 14.7. The van der Waals surface area contributed by atoms with Gasteiger partial charge in [-0.3, -0.25) is 0 Å². The molecule has 20 heavy (non-hydrogen) atoms. The van der Waals surface area contributed by atoms with Gasteiger partial charge in [0.2, 0.25) is 5.75 Å². The molecular weight excluding hydrogens is 282 g/mol. The summed E-state index contributed by atoms with van der Waals surface area (Å²) in [5.41, 5.74) is 6.74. The van der Waals surface area contributed by atoms with Gasteiger partial charge < -0.3 is 19.9 Å². The zero-order valence-corrected chi connectivity index (χ0v) is 12.3. The summed E-state index contributed by atoms with van der Waals surface area (Å²) >= 11 is 5.88. The van der Waals surface area contributed by atoms with Gasteiger partial charge in [-0.1, -0.05) is 11.6 Å². The number of rotatable bonds is 5. The Balaban J connectivity index is 2.40. The number of nitrogens with zero attached hydrogens (tertiary/aromatic N) is 2. The van der Waals surface area contributed by atoms with E-state index in [1.165, 1.54) is 6.20 Å². The third-order valence-electron chi connectivity index (χ3n) is 2.89. The van der Waals surface area contributed by atoms with Crippen molar-refractivity contribution >= 4 is 17.4 Å². The summed E-state index contributed by atoms with van der Waals surface area (Å²) in [4.78, 5) is 0. The van der Waals surface area contributed by atoms with Crippen LogP contribution in [0, 0.1) is 0 Å². The first-order chi connectivity index (χ1) is 9.60. The van der Waals surface area contributed by atoms with Gasteiger partial charge in [-0.05, 0) is 17.7 Å². The lowest BCUT2D eigenvalue weighted by molar-refractivity contribution is 0.323. The minimum atomic E-state index is 0.417. The molecular formula is C13H16ClN3O3. The van der Waals surface area contributed by atoms with E-state index in [1.807, 2.05) is 12.1 Å². The monoisotopic (exact) mass is 297 g/mol. The predicted molar refractivity (Wildman–Crippen MR) is 76.8 cm³/mol. The third kappa shape index (κ3) is 2.60. The summed E-state index contributed by atoms with van der Waals surface area (Å²) in [5.74, 6) is 2.13. The molecule has 0 aliphatic heterocycles. The standard InChI is InChI=1S/C13H16ClN3O3/c1-18-10-4-8(5-11(19-2)12(10)20-3)7-17-13(15)9(14)6-16-17/h4-6H,7,15H2,1-3H3. The van der Waals surface area contributed by atoms with Crippen molar-refractivity contribution in [3.05, 3.63) is 28.9 Å². The van der Waals surface area contributed by atoms with Crippen LogP contribution in [0.1, 0.15) is 5.56 Å². The van der Waals surface area contributed by atoms with E-state index >= 15 is 0 Å². The Morgan fingerprint density at radius 1 is 1.15 bits per heavy atom. The number of hydrogen-bond acceptors (Lipinski definition) is 5. The van der Waals surface area contributed by atoms with Gasteiger partial charge in [-0.25, -0.2) is 4.68 Å². The molecule has 0 fully saturated rings. The van der Waals surface area contributed by atoms with Crippen molar-refractivity contribution in [2.75, 3.05) is 27.1 Å². The lowest BCUT2D eigenvalue weighted by atomic mass is 10.2. The van der Waals surface area contributed by atoms with E-state index in [-0.39, 0.29) is 0 Å². The number of anilines is 1. The molecule has 7 heteroatoms. The van der Waals surface area contributed by atoms with E-state index in [9.17, 15) is 0 Å². The van der Waals surface area contributed by atoms with Gasteiger partial charge >= 0.3 is 0 Å². The number of nitrogens with two attached hydrogens (primary N) is 1. The highest BCUT2D eigenvalue weighted by Gasteiger charge is 2.14. The second-order valence-corrected chi connectivity index (χ2v) is 4.48. The van der Waals surface area contributed by atoms with Crippen molar-refractivity contribution in [3.8, 4) is 17.2 Å². The number of hydrogen-bond donors (Lipinski definition) is 1. The Morgan fingerprint density at radius 3 is 2.15 bits per heavy atom. The van der Waals surface area contributed by atoms with Crippen LogP contribution in [0.25, 0.3) is 0 Å². The van der Waals surface area contributed by atoms with E-state index < -0.39 is 0 Å². The maximum absolute atomic E-state index is 5.88. The van der Waals surface area contributed by atoms with Gasteiger partial charge in [0.05, 0.1) is 34.1 Å². The van der Waals surface area contributed by atoms with Crippen molar-refractivity contribution in [1.29, 1.82) is 0 Å². The molecule has 0 bridgehead atoms. The summed E-state index contributed by atoms with van der Waals surface area (Å²) < 4.78 is 17.5. The van der Waals surface area contributed by atoms with Gasteiger partial charge in [0.15, 0.2) is 11.5 Å². The van der Waals surface area contributed by atoms with E-state index in [1.54, 1.807) is 26.0 Å². The lowest BCUT2D eigenvalue weighted by Gasteiger charge is -2.14. The van der Waals surface area contributed by atoms with Crippen LogP contribution in [0.4, 0.5) is 5.82 Å². The van der Waals surface area contributed by atoms with Gasteiger partial charge in [-0.15, -0.1) is 0 Å². The first-order valence-corrected chi connectivity index (χ1v) is 6.24. The second kappa shape index (κ2) is 5.92. The number of ether oxygens (including phenoxy) is 3. The minimum Gasteiger partial charge on any atom is -0.493 e. The molecule has 2 rings (SSSR count). The fourth-order valence-electron chi connectivity index (χ4n) is 1.90. The number of nitrogen functional groups attached to an aromatic ring is 1. The summed E-state index contributed by atoms with van der Waals surface area (Å²) in [6.07, 6.45) is 1.51. The topological polar surface area (TPSA) is 71.5 Å². The predicted octanol–water partition coefficient (Wildman–Crippen LogP) is 2.19. The van der Waals surface area contributed by atoms with E-state index in [4.69, 9.17) is 31.5 Å². The molecule has 1 heterocycles. The van der Waals surface area contributed by atoms with Crippen LogP contribution < -0.4 is 19.9 Å². The van der Waals surface area contributed by atoms with E-state index in [0.717, 1.165) is 5.56 Å². The highest BCUT2D eigenvalue weighted by molar-refractivity contribution is 6.32. The molecule has 0 radical (unpaired) electrons. The average Bonchev–Trinajstić information content (AvgIpc) is 2.78. The molecule has 2 aromatic rings. The molecule has 0 unspecified atom stereocenters. The summed E-state index contributed by atoms with van der Waals surface area (Å²) in [6.45, 7) is 0.454. The van der Waals surface area contributed by atoms with Gasteiger partial charge in [0.25, 0.3) is 0 Å². The van der Waals surface area contributed by atoms with Crippen molar-refractivity contribution in [3.63, 3.8) is 0 Å². The summed E-state index contributed by atoms with van der Waals surface area (Å²) in [7, 11) is 4.70. The maximum Gasteiger partial charge on any atom is 0.203 e. The number of methoxy groups -OCH3 is 3. The fraction of sp³-hybridized carbons (Fsp3) is 0.308. The van der Waals surface area contributed by atoms with Crippen LogP contribution in [0.5, 0.6) is 17.2 Å². The highest BCUT2D eigenvalue weighted by atomic mass is 35.5. The van der Waals surface area contributed by atoms with E-state index in [2.05, 4.69) is 5.10 Å². The fourth-order valence-corrected chi connectivity index (χ4v) is 2.04. The van der Waals surface area contributed by atoms with Crippen LogP contribution in [-0.2, 0) is 6.54 Å². The molecule has 108 valence electrons. The Bertz CT molecular complexity index is 588. The number of halogens is 1. The molecule has 0 saturated carbocycles. The molecule has 1 aromatic heterocycles. The Kier molecular flexibility index (Phi) is 4.24. The van der Waals surface area contributed by atoms with Gasteiger partial charge in [-0.2, -0.15) is 5.10 Å². The van der Waals surface area contributed by atoms with Crippen molar-refractivity contribution < 1.29 is 14.2 Å². The van der Waals surface area contributed by atoms with E-state index in [0.29, 0.717) is 34.6 Å². The van der Waals surface area contributed by atoms with Gasteiger partial charge in [0.1, 0.15) is 10.8 Å². The smallest absolute Gasteiger partial charge is 0.203 e. The number of aromatic nitrogens is 2. The Labute approximate surface area is 122 Å². The minimum absolute atomic E-state index is 0.417. The van der Waals surface area contributed by atoms with Crippen LogP contribution in [0.15, 0.2) is 18.3 Å². The Morgan fingerprint density at radius 2 is 1.75 bits per heavy atom. The molecule has 6 nitrogen and oxygen atoms in total.